The number of nitrogens with one attached hydrogen (secondary N) is 1. The lowest BCUT2D eigenvalue weighted by Gasteiger charge is -2.34. The minimum absolute atomic E-state index is 0.0569. The maximum atomic E-state index is 14.4. The van der Waals surface area contributed by atoms with Gasteiger partial charge in [-0.2, -0.15) is 4.31 Å². The molecule has 1 aliphatic rings. The van der Waals surface area contributed by atoms with Gasteiger partial charge < -0.3 is 10.4 Å². The third-order valence-corrected chi connectivity index (χ3v) is 6.52. The van der Waals surface area contributed by atoms with E-state index in [0.29, 0.717) is 17.7 Å². The quantitative estimate of drug-likeness (QED) is 0.613. The molecule has 31 heavy (non-hydrogen) atoms. The number of halogens is 3. The predicted octanol–water partition coefficient (Wildman–Crippen LogP) is 2.28. The molecule has 0 amide bonds. The number of anilines is 1. The Kier molecular flexibility index (Phi) is 5.62. The number of benzene rings is 1. The van der Waals surface area contributed by atoms with Crippen LogP contribution < -0.4 is 5.32 Å². The van der Waals surface area contributed by atoms with E-state index in [1.807, 2.05) is 0 Å². The molecule has 0 unspecified atom stereocenters. The predicted molar refractivity (Wildman–Crippen MR) is 108 cm³/mol. The molecule has 2 atom stereocenters. The molecule has 12 heteroatoms. The summed E-state index contributed by atoms with van der Waals surface area (Å²) in [6.07, 6.45) is -0.892. The van der Waals surface area contributed by atoms with E-state index in [9.17, 15) is 26.7 Å². The highest BCUT2D eigenvalue weighted by atomic mass is 32.2. The van der Waals surface area contributed by atoms with Crippen LogP contribution in [0, 0.1) is 5.82 Å². The second-order valence-electron chi connectivity index (χ2n) is 7.41. The molecule has 0 radical (unpaired) electrons. The van der Waals surface area contributed by atoms with E-state index in [1.54, 1.807) is 0 Å². The number of nitrogens with zero attached hydrogens (tertiary/aromatic N) is 4. The second-order valence-corrected chi connectivity index (χ2v) is 9.39. The molecule has 0 spiro atoms. The number of sulfonamides is 1. The summed E-state index contributed by atoms with van der Waals surface area (Å²) in [5.41, 5.74) is 0.808. The minimum Gasteiger partial charge on any atom is -0.390 e. The molecule has 1 aromatic carbocycles. The summed E-state index contributed by atoms with van der Waals surface area (Å²) in [6, 6.07) is 6.20. The van der Waals surface area contributed by atoms with Crippen molar-refractivity contribution in [3.63, 3.8) is 0 Å². The van der Waals surface area contributed by atoms with Crippen molar-refractivity contribution in [2.45, 2.75) is 25.0 Å². The van der Waals surface area contributed by atoms with Gasteiger partial charge in [0.05, 0.1) is 30.3 Å². The monoisotopic (exact) mass is 455 g/mol. The van der Waals surface area contributed by atoms with Crippen molar-refractivity contribution in [3.05, 3.63) is 47.9 Å². The van der Waals surface area contributed by atoms with Gasteiger partial charge in [-0.1, -0.05) is 24.3 Å². The zero-order valence-corrected chi connectivity index (χ0v) is 17.2. The summed E-state index contributed by atoms with van der Waals surface area (Å²) >= 11 is 0. The van der Waals surface area contributed by atoms with E-state index in [2.05, 4.69) is 15.4 Å². The molecule has 1 fully saturated rings. The molecule has 1 saturated heterocycles. The highest BCUT2D eigenvalue weighted by molar-refractivity contribution is 7.88. The van der Waals surface area contributed by atoms with Gasteiger partial charge in [0.2, 0.25) is 16.0 Å². The van der Waals surface area contributed by atoms with Crippen molar-refractivity contribution in [3.8, 4) is 11.3 Å². The fraction of sp³-hybridized carbons (Fsp3) is 0.368. The number of aromatic nitrogens is 3. The van der Waals surface area contributed by atoms with E-state index in [-0.39, 0.29) is 30.1 Å². The first kappa shape index (κ1) is 21.5. The van der Waals surface area contributed by atoms with Crippen molar-refractivity contribution in [1.29, 1.82) is 0 Å². The summed E-state index contributed by atoms with van der Waals surface area (Å²) < 4.78 is 65.8. The number of β-amino-alcohol motifs (C(OH)–C–C–N with tert-alkyl or cyclic N) is 1. The maximum absolute atomic E-state index is 14.4. The van der Waals surface area contributed by atoms with Crippen LogP contribution in [-0.2, 0) is 10.0 Å². The first-order valence-electron chi connectivity index (χ1n) is 9.46. The van der Waals surface area contributed by atoms with Crippen LogP contribution in [-0.4, -0.2) is 63.9 Å². The molecule has 1 aliphatic heterocycles. The topological polar surface area (TPSA) is 99.8 Å². The van der Waals surface area contributed by atoms with Crippen LogP contribution in [0.4, 0.5) is 19.1 Å². The first-order valence-corrected chi connectivity index (χ1v) is 11.3. The Bertz CT molecular complexity index is 1200. The van der Waals surface area contributed by atoms with Gasteiger partial charge in [0.25, 0.3) is 6.43 Å². The van der Waals surface area contributed by atoms with Crippen LogP contribution in [0.3, 0.4) is 0 Å². The molecular weight excluding hydrogens is 435 g/mol. The van der Waals surface area contributed by atoms with E-state index in [1.165, 1.54) is 45.3 Å². The van der Waals surface area contributed by atoms with Crippen LogP contribution in [0.5, 0.6) is 0 Å². The number of aliphatic hydroxyl groups excluding tert-OH is 1. The molecule has 3 aromatic rings. The van der Waals surface area contributed by atoms with Crippen molar-refractivity contribution < 1.29 is 26.7 Å². The van der Waals surface area contributed by atoms with Crippen molar-refractivity contribution >= 4 is 21.5 Å². The Morgan fingerprint density at radius 3 is 2.58 bits per heavy atom. The molecule has 0 aliphatic carbocycles. The maximum Gasteiger partial charge on any atom is 0.263 e. The van der Waals surface area contributed by atoms with E-state index >= 15 is 0 Å². The van der Waals surface area contributed by atoms with Crippen molar-refractivity contribution in [2.75, 3.05) is 24.7 Å². The van der Waals surface area contributed by atoms with Crippen LogP contribution >= 0.6 is 0 Å². The third-order valence-electron chi connectivity index (χ3n) is 5.25. The van der Waals surface area contributed by atoms with E-state index < -0.39 is 34.4 Å². The van der Waals surface area contributed by atoms with Crippen LogP contribution in [0.1, 0.15) is 18.4 Å². The molecule has 2 aromatic heterocycles. The lowest BCUT2D eigenvalue weighted by Crippen LogP contribution is -2.51. The van der Waals surface area contributed by atoms with Gasteiger partial charge in [-0.05, 0) is 6.42 Å². The van der Waals surface area contributed by atoms with Crippen molar-refractivity contribution in [2.24, 2.45) is 0 Å². The normalized spacial score (nSPS) is 20.5. The van der Waals surface area contributed by atoms with Crippen LogP contribution in [0.15, 0.2) is 36.5 Å². The standard InChI is InChI=1S/C19H20F3N5O3S/c1-31(29,30)26-7-6-14(17(28)10-26)24-19-23-9-16-13(20)8-15(27(16)25-19)11-2-4-12(5-3-11)18(21)22/h2-5,8-9,14,17-18,28H,6-7,10H2,1H3,(H,24,25)/t14-,17-/m1/s1. The third kappa shape index (κ3) is 4.36. The number of alkyl halides is 2. The van der Waals surface area contributed by atoms with Gasteiger partial charge in [0, 0.05) is 30.3 Å². The summed E-state index contributed by atoms with van der Waals surface area (Å²) in [5, 5.41) is 17.6. The Balaban J connectivity index is 1.60. The number of piperidine rings is 1. The summed E-state index contributed by atoms with van der Waals surface area (Å²) in [5.74, 6) is -0.452. The molecule has 166 valence electrons. The van der Waals surface area contributed by atoms with Gasteiger partial charge in [-0.3, -0.25) is 0 Å². The summed E-state index contributed by atoms with van der Waals surface area (Å²) in [7, 11) is -3.40. The largest absolute Gasteiger partial charge is 0.390 e. The van der Waals surface area contributed by atoms with Gasteiger partial charge in [-0.25, -0.2) is 31.1 Å². The fourth-order valence-corrected chi connectivity index (χ4v) is 4.42. The molecule has 0 saturated carbocycles. The average molecular weight is 455 g/mol. The van der Waals surface area contributed by atoms with Crippen molar-refractivity contribution in [1.82, 2.24) is 18.9 Å². The van der Waals surface area contributed by atoms with E-state index in [0.717, 1.165) is 6.26 Å². The number of hydrogen-bond acceptors (Lipinski definition) is 6. The number of aliphatic hydroxyl groups is 1. The number of hydrogen-bond donors (Lipinski definition) is 2. The molecular formula is C19H20F3N5O3S. The van der Waals surface area contributed by atoms with Gasteiger partial charge in [0.15, 0.2) is 5.82 Å². The smallest absolute Gasteiger partial charge is 0.263 e. The minimum atomic E-state index is -3.40. The van der Waals surface area contributed by atoms with Crippen LogP contribution in [0.25, 0.3) is 16.8 Å². The zero-order chi connectivity index (χ0) is 22.3. The summed E-state index contributed by atoms with van der Waals surface area (Å²) in [6.45, 7) is 0.175. The number of fused-ring (bicyclic) bond motifs is 1. The zero-order valence-electron chi connectivity index (χ0n) is 16.4. The number of rotatable bonds is 5. The first-order chi connectivity index (χ1) is 14.6. The highest BCUT2D eigenvalue weighted by Gasteiger charge is 2.32. The Morgan fingerprint density at radius 1 is 1.26 bits per heavy atom. The molecule has 3 heterocycles. The molecule has 2 N–H and O–H groups in total. The van der Waals surface area contributed by atoms with Gasteiger partial charge >= 0.3 is 0 Å². The Hall–Kier alpha value is -2.70. The molecule has 4 rings (SSSR count). The fourth-order valence-electron chi connectivity index (χ4n) is 3.56. The van der Waals surface area contributed by atoms with Gasteiger partial charge in [0.1, 0.15) is 5.52 Å². The molecule has 0 bridgehead atoms. The second kappa shape index (κ2) is 8.09. The Labute approximate surface area is 176 Å². The average Bonchev–Trinajstić information content (AvgIpc) is 3.05. The Morgan fingerprint density at radius 2 is 1.97 bits per heavy atom. The van der Waals surface area contributed by atoms with Gasteiger partial charge in [-0.15, -0.1) is 5.10 Å². The lowest BCUT2D eigenvalue weighted by molar-refractivity contribution is 0.0950. The lowest BCUT2D eigenvalue weighted by atomic mass is 10.0. The van der Waals surface area contributed by atoms with Crippen LogP contribution in [0.2, 0.25) is 0 Å². The summed E-state index contributed by atoms with van der Waals surface area (Å²) in [4.78, 5) is 4.08. The SMILES string of the molecule is CS(=O)(=O)N1CC[C@@H](Nc2ncc3c(F)cc(-c4ccc(C(F)F)cc4)n3n2)[C@H](O)C1. The molecule has 8 nitrogen and oxygen atoms in total. The van der Waals surface area contributed by atoms with E-state index in [4.69, 9.17) is 0 Å². The highest BCUT2D eigenvalue weighted by Crippen LogP contribution is 2.27.